The van der Waals surface area contributed by atoms with Gasteiger partial charge in [-0.15, -0.1) is 0 Å². The summed E-state index contributed by atoms with van der Waals surface area (Å²) >= 11 is 0. The molecule has 6 heteroatoms. The Morgan fingerprint density at radius 2 is 1.96 bits per heavy atom. The lowest BCUT2D eigenvalue weighted by Crippen LogP contribution is -2.37. The van der Waals surface area contributed by atoms with Gasteiger partial charge in [0.2, 0.25) is 0 Å². The molecule has 0 saturated carbocycles. The van der Waals surface area contributed by atoms with Gasteiger partial charge >= 0.3 is 0 Å². The fraction of sp³-hybridized carbons (Fsp3) is 0.400. The van der Waals surface area contributed by atoms with Crippen LogP contribution in [0.1, 0.15) is 34.8 Å². The van der Waals surface area contributed by atoms with Gasteiger partial charge in [-0.3, -0.25) is 9.78 Å². The molecule has 26 heavy (non-hydrogen) atoms. The number of rotatable bonds is 5. The third-order valence-corrected chi connectivity index (χ3v) is 4.84. The molecule has 6 nitrogen and oxygen atoms in total. The quantitative estimate of drug-likeness (QED) is 0.894. The van der Waals surface area contributed by atoms with Crippen LogP contribution in [0.2, 0.25) is 0 Å². The van der Waals surface area contributed by atoms with E-state index in [0.717, 1.165) is 25.2 Å². The van der Waals surface area contributed by atoms with Crippen LogP contribution in [0.25, 0.3) is 0 Å². The van der Waals surface area contributed by atoms with Crippen LogP contribution in [0.5, 0.6) is 11.5 Å². The maximum atomic E-state index is 12.8. The third-order valence-electron chi connectivity index (χ3n) is 4.84. The Labute approximate surface area is 153 Å². The average Bonchev–Trinajstić information content (AvgIpc) is 3.21. The zero-order chi connectivity index (χ0) is 17.8. The van der Waals surface area contributed by atoms with Crippen molar-refractivity contribution in [1.29, 1.82) is 0 Å². The average molecular weight is 353 g/mol. The Kier molecular flexibility index (Phi) is 5.02. The topological polar surface area (TPSA) is 63.7 Å². The predicted molar refractivity (Wildman–Crippen MR) is 97.6 cm³/mol. The van der Waals surface area contributed by atoms with Crippen molar-refractivity contribution >= 4 is 5.91 Å². The van der Waals surface area contributed by atoms with Crippen molar-refractivity contribution in [3.8, 4) is 11.5 Å². The summed E-state index contributed by atoms with van der Waals surface area (Å²) in [5.41, 5.74) is 1.59. The second-order valence-electron chi connectivity index (χ2n) is 6.68. The van der Waals surface area contributed by atoms with Crippen molar-refractivity contribution in [3.63, 3.8) is 0 Å². The van der Waals surface area contributed by atoms with E-state index in [1.807, 2.05) is 18.3 Å². The van der Waals surface area contributed by atoms with Gasteiger partial charge in [0, 0.05) is 24.5 Å². The Balaban J connectivity index is 1.51. The van der Waals surface area contributed by atoms with Gasteiger partial charge in [0.25, 0.3) is 5.91 Å². The zero-order valence-electron chi connectivity index (χ0n) is 14.7. The molecule has 136 valence electrons. The Hall–Kier alpha value is -2.60. The van der Waals surface area contributed by atoms with E-state index in [4.69, 9.17) is 9.47 Å². The number of ether oxygens (including phenoxy) is 2. The molecule has 1 saturated heterocycles. The van der Waals surface area contributed by atoms with Gasteiger partial charge < -0.3 is 19.7 Å². The van der Waals surface area contributed by atoms with Crippen LogP contribution >= 0.6 is 0 Å². The van der Waals surface area contributed by atoms with E-state index in [1.54, 1.807) is 24.4 Å². The molecule has 1 N–H and O–H groups in total. The number of hydrogen-bond acceptors (Lipinski definition) is 5. The summed E-state index contributed by atoms with van der Waals surface area (Å²) in [5.74, 6) is 1.20. The fourth-order valence-corrected chi connectivity index (χ4v) is 3.47. The molecule has 2 aliphatic heterocycles. The van der Waals surface area contributed by atoms with Crippen LogP contribution in [0.15, 0.2) is 42.7 Å². The molecule has 0 aliphatic carbocycles. The van der Waals surface area contributed by atoms with Gasteiger partial charge in [-0.05, 0) is 55.8 Å². The van der Waals surface area contributed by atoms with Crippen LogP contribution < -0.4 is 14.8 Å². The minimum absolute atomic E-state index is 0.0949. The number of pyridine rings is 1. The number of nitrogens with one attached hydrogen (secondary N) is 1. The molecule has 1 unspecified atom stereocenters. The standard InChI is InChI=1S/C20H23N3O3/c24-20(15-5-6-18-19(12-15)26-11-10-25-18)22-17(14-23-8-1-2-9-23)16-4-3-7-21-13-16/h3-7,12-13,17H,1-2,8-11,14H2,(H,22,24). The molecule has 0 spiro atoms. The lowest BCUT2D eigenvalue weighted by atomic mass is 10.1. The first kappa shape index (κ1) is 16.8. The Morgan fingerprint density at radius 1 is 1.15 bits per heavy atom. The van der Waals surface area contributed by atoms with Crippen molar-refractivity contribution in [2.24, 2.45) is 0 Å². The van der Waals surface area contributed by atoms with Crippen LogP contribution in [-0.2, 0) is 0 Å². The molecule has 2 aliphatic rings. The van der Waals surface area contributed by atoms with Crippen LogP contribution in [0.4, 0.5) is 0 Å². The largest absolute Gasteiger partial charge is 0.486 e. The molecule has 3 heterocycles. The van der Waals surface area contributed by atoms with Crippen molar-refractivity contribution < 1.29 is 14.3 Å². The first-order valence-corrected chi connectivity index (χ1v) is 9.12. The second-order valence-corrected chi connectivity index (χ2v) is 6.68. The molecule has 2 aromatic rings. The first-order chi connectivity index (χ1) is 12.8. The first-order valence-electron chi connectivity index (χ1n) is 9.12. The predicted octanol–water partition coefficient (Wildman–Crippen LogP) is 2.42. The number of amides is 1. The van der Waals surface area contributed by atoms with Crippen molar-refractivity contribution in [3.05, 3.63) is 53.9 Å². The number of aromatic nitrogens is 1. The van der Waals surface area contributed by atoms with Gasteiger partial charge in [0.1, 0.15) is 13.2 Å². The van der Waals surface area contributed by atoms with E-state index in [9.17, 15) is 4.79 Å². The SMILES string of the molecule is O=C(NC(CN1CCCC1)c1cccnc1)c1ccc2c(c1)OCCO2. The van der Waals surface area contributed by atoms with E-state index < -0.39 is 0 Å². The van der Waals surface area contributed by atoms with Gasteiger partial charge in [-0.2, -0.15) is 0 Å². The fourth-order valence-electron chi connectivity index (χ4n) is 3.47. The third kappa shape index (κ3) is 3.80. The summed E-state index contributed by atoms with van der Waals surface area (Å²) in [5, 5.41) is 3.17. The Bertz CT molecular complexity index is 760. The molecule has 1 fully saturated rings. The molecular weight excluding hydrogens is 330 g/mol. The zero-order valence-corrected chi connectivity index (χ0v) is 14.7. The highest BCUT2D eigenvalue weighted by atomic mass is 16.6. The van der Waals surface area contributed by atoms with Crippen molar-refractivity contribution in [2.45, 2.75) is 18.9 Å². The molecular formula is C20H23N3O3. The second kappa shape index (κ2) is 7.74. The maximum Gasteiger partial charge on any atom is 0.251 e. The van der Waals surface area contributed by atoms with E-state index in [2.05, 4.69) is 15.2 Å². The summed E-state index contributed by atoms with van der Waals surface area (Å²) in [4.78, 5) is 19.4. The molecule has 1 amide bonds. The summed E-state index contributed by atoms with van der Waals surface area (Å²) in [6, 6.07) is 9.14. The van der Waals surface area contributed by atoms with Crippen LogP contribution in [-0.4, -0.2) is 48.6 Å². The van der Waals surface area contributed by atoms with Crippen LogP contribution in [0, 0.1) is 0 Å². The number of benzene rings is 1. The number of carbonyl (C=O) groups excluding carboxylic acids is 1. The summed E-state index contributed by atoms with van der Waals surface area (Å²) in [6.07, 6.45) is 6.01. The highest BCUT2D eigenvalue weighted by molar-refractivity contribution is 5.95. The van der Waals surface area contributed by atoms with E-state index in [-0.39, 0.29) is 11.9 Å². The summed E-state index contributed by atoms with van der Waals surface area (Å²) in [7, 11) is 0. The minimum atomic E-state index is -0.116. The van der Waals surface area contributed by atoms with Gasteiger partial charge in [0.15, 0.2) is 11.5 Å². The monoisotopic (exact) mass is 353 g/mol. The Morgan fingerprint density at radius 3 is 2.73 bits per heavy atom. The van der Waals surface area contributed by atoms with Crippen molar-refractivity contribution in [1.82, 2.24) is 15.2 Å². The van der Waals surface area contributed by atoms with E-state index in [0.29, 0.717) is 30.3 Å². The molecule has 4 rings (SSSR count). The lowest BCUT2D eigenvalue weighted by Gasteiger charge is -2.25. The number of hydrogen-bond donors (Lipinski definition) is 1. The van der Waals surface area contributed by atoms with E-state index in [1.165, 1.54) is 12.8 Å². The highest BCUT2D eigenvalue weighted by Gasteiger charge is 2.22. The maximum absolute atomic E-state index is 12.8. The summed E-state index contributed by atoms with van der Waals surface area (Å²) < 4.78 is 11.1. The number of nitrogens with zero attached hydrogens (tertiary/aromatic N) is 2. The van der Waals surface area contributed by atoms with Gasteiger partial charge in [-0.25, -0.2) is 0 Å². The number of carbonyl (C=O) groups is 1. The normalized spacial score (nSPS) is 17.7. The van der Waals surface area contributed by atoms with E-state index >= 15 is 0 Å². The molecule has 1 atom stereocenters. The minimum Gasteiger partial charge on any atom is -0.486 e. The van der Waals surface area contributed by atoms with Crippen LogP contribution in [0.3, 0.4) is 0 Å². The summed E-state index contributed by atoms with van der Waals surface area (Å²) in [6.45, 7) is 4.00. The number of likely N-dealkylation sites (tertiary alicyclic amines) is 1. The molecule has 1 aromatic heterocycles. The molecule has 0 radical (unpaired) electrons. The highest BCUT2D eigenvalue weighted by Crippen LogP contribution is 2.31. The number of fused-ring (bicyclic) bond motifs is 1. The lowest BCUT2D eigenvalue weighted by molar-refractivity contribution is 0.0926. The molecule has 1 aromatic carbocycles. The van der Waals surface area contributed by atoms with Gasteiger partial charge in [0.05, 0.1) is 6.04 Å². The molecule has 0 bridgehead atoms. The van der Waals surface area contributed by atoms with Crippen molar-refractivity contribution in [2.75, 3.05) is 32.8 Å². The smallest absolute Gasteiger partial charge is 0.251 e. The van der Waals surface area contributed by atoms with Gasteiger partial charge in [-0.1, -0.05) is 6.07 Å².